The zero-order chi connectivity index (χ0) is 34.1. The number of aliphatic carboxylic acids is 1. The molecular weight excluding hydrogens is 629 g/mol. The summed E-state index contributed by atoms with van der Waals surface area (Å²) in [6.45, 7) is 7.18. The number of carbonyl (C=O) groups is 1. The molecule has 1 unspecified atom stereocenters. The van der Waals surface area contributed by atoms with Crippen LogP contribution in [0.1, 0.15) is 44.8 Å². The van der Waals surface area contributed by atoms with Crippen molar-refractivity contribution in [2.24, 2.45) is 5.41 Å². The third kappa shape index (κ3) is 7.54. The van der Waals surface area contributed by atoms with E-state index in [1.54, 1.807) is 12.1 Å². The number of aromatic nitrogens is 2. The molecule has 0 bridgehead atoms. The lowest BCUT2D eigenvalue weighted by Crippen LogP contribution is -2.41. The zero-order valence-corrected chi connectivity index (χ0v) is 27.0. The van der Waals surface area contributed by atoms with Crippen molar-refractivity contribution in [1.82, 2.24) is 15.3 Å². The first-order chi connectivity index (χ1) is 22.9. The Hall–Kier alpha value is -4.30. The molecule has 3 aliphatic heterocycles. The number of nitrogens with zero attached hydrogens (tertiary/aromatic N) is 4. The van der Waals surface area contributed by atoms with Crippen molar-refractivity contribution in [3.63, 3.8) is 0 Å². The Bertz CT molecular complexity index is 1590. The van der Waals surface area contributed by atoms with Crippen LogP contribution in [0.4, 0.5) is 30.6 Å². The molecule has 14 heteroatoms. The van der Waals surface area contributed by atoms with Gasteiger partial charge in [-0.05, 0) is 67.9 Å². The molecule has 11 nitrogen and oxygen atoms in total. The van der Waals surface area contributed by atoms with Gasteiger partial charge in [-0.25, -0.2) is 0 Å². The van der Waals surface area contributed by atoms with Crippen LogP contribution in [-0.2, 0) is 9.53 Å². The minimum atomic E-state index is -4.79. The summed E-state index contributed by atoms with van der Waals surface area (Å²) in [5, 5.41) is 12.5. The fraction of sp³-hybridized carbons (Fsp3) is 0.500. The maximum absolute atomic E-state index is 14.9. The summed E-state index contributed by atoms with van der Waals surface area (Å²) in [6, 6.07) is 13.2. The monoisotopic (exact) mass is 670 g/mol. The fourth-order valence-corrected chi connectivity index (χ4v) is 6.78. The molecule has 2 aromatic carbocycles. The number of alkyl halides is 3. The molecule has 1 spiro atoms. The number of halogens is 3. The highest BCUT2D eigenvalue weighted by Crippen LogP contribution is 2.44. The third-order valence-corrected chi connectivity index (χ3v) is 9.27. The highest BCUT2D eigenvalue weighted by molar-refractivity contribution is 5.74. The number of nitrogens with one attached hydrogen (secondary N) is 1. The van der Waals surface area contributed by atoms with E-state index in [4.69, 9.17) is 19.9 Å². The summed E-state index contributed by atoms with van der Waals surface area (Å²) in [6.07, 6.45) is -5.16. The number of anilines is 3. The first-order valence-electron chi connectivity index (χ1n) is 16.2. The largest absolute Gasteiger partial charge is 0.491 e. The molecule has 258 valence electrons. The molecular formula is C34H41F3N6O5. The molecule has 6 rings (SSSR count). The number of morpholine rings is 1. The van der Waals surface area contributed by atoms with E-state index in [2.05, 4.69) is 15.3 Å². The Balaban J connectivity index is 1.27. The second-order valence-electron chi connectivity index (χ2n) is 13.0. The van der Waals surface area contributed by atoms with Gasteiger partial charge in [-0.2, -0.15) is 23.1 Å². The average Bonchev–Trinajstić information content (AvgIpc) is 3.47. The van der Waals surface area contributed by atoms with Crippen LogP contribution < -0.4 is 30.3 Å². The molecule has 3 aliphatic rings. The van der Waals surface area contributed by atoms with Crippen LogP contribution in [0.15, 0.2) is 48.5 Å². The summed E-state index contributed by atoms with van der Waals surface area (Å²) in [5.41, 5.74) is 7.79. The molecule has 2 atom stereocenters. The van der Waals surface area contributed by atoms with Crippen molar-refractivity contribution in [2.75, 3.05) is 61.5 Å². The highest BCUT2D eigenvalue weighted by atomic mass is 19.4. The van der Waals surface area contributed by atoms with Gasteiger partial charge < -0.3 is 40.2 Å². The number of nitrogens with two attached hydrogens (primary N) is 1. The summed E-state index contributed by atoms with van der Waals surface area (Å²) in [5.74, 6) is -0.282. The van der Waals surface area contributed by atoms with Gasteiger partial charge in [0.25, 0.3) is 0 Å². The minimum absolute atomic E-state index is 0.0127. The van der Waals surface area contributed by atoms with E-state index < -0.39 is 24.3 Å². The number of hydrogen-bond acceptors (Lipinski definition) is 10. The van der Waals surface area contributed by atoms with Gasteiger partial charge in [0.15, 0.2) is 0 Å². The number of ether oxygens (including phenoxy) is 3. The number of rotatable bonds is 9. The van der Waals surface area contributed by atoms with E-state index in [-0.39, 0.29) is 28.9 Å². The van der Waals surface area contributed by atoms with Gasteiger partial charge in [-0.15, -0.1) is 0 Å². The van der Waals surface area contributed by atoms with Crippen LogP contribution in [0.2, 0.25) is 0 Å². The van der Waals surface area contributed by atoms with E-state index in [1.165, 1.54) is 12.1 Å². The molecule has 3 saturated heterocycles. The van der Waals surface area contributed by atoms with E-state index in [0.29, 0.717) is 82.5 Å². The van der Waals surface area contributed by atoms with Crippen molar-refractivity contribution in [1.29, 1.82) is 0 Å². The SMILES string of the molecule is CC(C)Oc1ccc(-c2ccc([C@@H](Oc3cc(N4CCC5(CC4)CNC(C(=O)O)C5)nc(N)n3)C(F)(F)F)c(N3CCOCC3)c2)cc1. The lowest BCUT2D eigenvalue weighted by molar-refractivity contribution is -0.198. The smallest absolute Gasteiger partial charge is 0.429 e. The van der Waals surface area contributed by atoms with Crippen LogP contribution in [-0.4, -0.2) is 85.3 Å². The van der Waals surface area contributed by atoms with Crippen LogP contribution in [0.25, 0.3) is 11.1 Å². The Kier molecular flexibility index (Phi) is 9.57. The first kappa shape index (κ1) is 33.6. The van der Waals surface area contributed by atoms with Gasteiger partial charge >= 0.3 is 12.1 Å². The Morgan fingerprint density at radius 2 is 1.69 bits per heavy atom. The van der Waals surface area contributed by atoms with Crippen LogP contribution >= 0.6 is 0 Å². The standard InChI is InChI=1S/C34H41F3N6O5/c1-21(2)47-24-6-3-22(4-7-24)23-5-8-25(27(17-23)42-13-15-46-16-14-42)30(34(35,36)37)48-29-18-28(40-32(38)41-29)43-11-9-33(10-12-43)19-26(31(44)45)39-20-33/h3-8,17-18,21,26,30,39H,9-16,19-20H2,1-2H3,(H,44,45)(H2,38,40,41)/t26?,30-/m1/s1. The quantitative estimate of drug-likeness (QED) is 0.282. The zero-order valence-electron chi connectivity index (χ0n) is 27.0. The Morgan fingerprint density at radius 3 is 2.31 bits per heavy atom. The van der Waals surface area contributed by atoms with Gasteiger partial charge in [-0.3, -0.25) is 4.79 Å². The van der Waals surface area contributed by atoms with Crippen molar-refractivity contribution in [3.05, 3.63) is 54.1 Å². The molecule has 0 aliphatic carbocycles. The summed E-state index contributed by atoms with van der Waals surface area (Å²) in [4.78, 5) is 23.6. The molecule has 0 saturated carbocycles. The molecule has 0 radical (unpaired) electrons. The lowest BCUT2D eigenvalue weighted by atomic mass is 9.76. The molecule has 48 heavy (non-hydrogen) atoms. The van der Waals surface area contributed by atoms with Crippen molar-refractivity contribution in [2.45, 2.75) is 57.5 Å². The van der Waals surface area contributed by atoms with Gasteiger partial charge in [0.05, 0.1) is 19.3 Å². The molecule has 3 aromatic rings. The van der Waals surface area contributed by atoms with Gasteiger partial charge in [0, 0.05) is 50.0 Å². The number of piperidine rings is 1. The Labute approximate surface area is 277 Å². The second-order valence-corrected chi connectivity index (χ2v) is 13.0. The van der Waals surface area contributed by atoms with Crippen LogP contribution in [0.5, 0.6) is 11.6 Å². The summed E-state index contributed by atoms with van der Waals surface area (Å²) < 4.78 is 61.7. The van der Waals surface area contributed by atoms with E-state index in [0.717, 1.165) is 11.1 Å². The van der Waals surface area contributed by atoms with Crippen molar-refractivity contribution < 1.29 is 37.3 Å². The maximum Gasteiger partial charge on any atom is 0.429 e. The molecule has 4 N–H and O–H groups in total. The molecule has 3 fully saturated rings. The fourth-order valence-electron chi connectivity index (χ4n) is 6.78. The molecule has 4 heterocycles. The van der Waals surface area contributed by atoms with Crippen LogP contribution in [0, 0.1) is 5.41 Å². The van der Waals surface area contributed by atoms with Crippen LogP contribution in [0.3, 0.4) is 0 Å². The predicted molar refractivity (Wildman–Crippen MR) is 174 cm³/mol. The summed E-state index contributed by atoms with van der Waals surface area (Å²) in [7, 11) is 0. The Morgan fingerprint density at radius 1 is 1.00 bits per heavy atom. The highest BCUT2D eigenvalue weighted by Gasteiger charge is 2.46. The minimum Gasteiger partial charge on any atom is -0.491 e. The lowest BCUT2D eigenvalue weighted by Gasteiger charge is -2.39. The van der Waals surface area contributed by atoms with Crippen molar-refractivity contribution in [3.8, 4) is 22.8 Å². The van der Waals surface area contributed by atoms with Crippen molar-refractivity contribution >= 4 is 23.4 Å². The first-order valence-corrected chi connectivity index (χ1v) is 16.2. The average molecular weight is 671 g/mol. The number of carboxylic acid groups (broad SMARTS) is 1. The maximum atomic E-state index is 14.9. The molecule has 0 amide bonds. The van der Waals surface area contributed by atoms with E-state index in [9.17, 15) is 23.1 Å². The van der Waals surface area contributed by atoms with E-state index >= 15 is 0 Å². The number of hydrogen-bond donors (Lipinski definition) is 3. The predicted octanol–water partition coefficient (Wildman–Crippen LogP) is 5.07. The van der Waals surface area contributed by atoms with Gasteiger partial charge in [0.2, 0.25) is 17.9 Å². The number of benzene rings is 2. The van der Waals surface area contributed by atoms with E-state index in [1.807, 2.05) is 47.9 Å². The van der Waals surface area contributed by atoms with Gasteiger partial charge in [-0.1, -0.05) is 24.3 Å². The van der Waals surface area contributed by atoms with Gasteiger partial charge in [0.1, 0.15) is 17.6 Å². The second kappa shape index (κ2) is 13.7. The molecule has 1 aromatic heterocycles. The number of nitrogen functional groups attached to an aromatic ring is 1. The normalized spacial score (nSPS) is 20.2. The summed E-state index contributed by atoms with van der Waals surface area (Å²) >= 11 is 0. The third-order valence-electron chi connectivity index (χ3n) is 9.27. The number of carboxylic acids is 1. The topological polar surface area (TPSA) is 135 Å².